The number of carbonyl (C=O) groups is 1. The van der Waals surface area contributed by atoms with Gasteiger partial charge in [-0.15, -0.1) is 0 Å². The van der Waals surface area contributed by atoms with Gasteiger partial charge in [0.2, 0.25) is 0 Å². The first-order chi connectivity index (χ1) is 15.3. The van der Waals surface area contributed by atoms with Crippen LogP contribution in [0.3, 0.4) is 0 Å². The molecule has 0 aromatic carbocycles. The summed E-state index contributed by atoms with van der Waals surface area (Å²) >= 11 is 0. The average Bonchev–Trinajstić information content (AvgIpc) is 3.37. The van der Waals surface area contributed by atoms with E-state index in [1.807, 2.05) is 0 Å². The van der Waals surface area contributed by atoms with Crippen LogP contribution in [0.15, 0.2) is 36.8 Å². The summed E-state index contributed by atoms with van der Waals surface area (Å²) in [5.41, 5.74) is -0.320. The number of nitrogens with zero attached hydrogens (tertiary/aromatic N) is 5. The summed E-state index contributed by atoms with van der Waals surface area (Å²) in [6.07, 6.45) is 2.21. The SMILES string of the molecule is Cc1cn2cc(NC(=O)c3ccc(N4CCN5CCC[C@H]5C4)nc3)cc(C(F)(F)F)c2n1. The van der Waals surface area contributed by atoms with Crippen molar-refractivity contribution in [2.45, 2.75) is 32.0 Å². The van der Waals surface area contributed by atoms with Crippen LogP contribution in [-0.4, -0.2) is 57.4 Å². The molecule has 2 aliphatic rings. The van der Waals surface area contributed by atoms with Gasteiger partial charge in [-0.3, -0.25) is 9.69 Å². The first-order valence-corrected chi connectivity index (χ1v) is 10.6. The van der Waals surface area contributed by atoms with Crippen molar-refractivity contribution in [3.63, 3.8) is 0 Å². The molecule has 0 bridgehead atoms. The number of halogens is 3. The number of anilines is 2. The molecular formula is C22H23F3N6O. The Morgan fingerprint density at radius 3 is 2.78 bits per heavy atom. The number of pyridine rings is 2. The number of amides is 1. The Morgan fingerprint density at radius 1 is 1.19 bits per heavy atom. The summed E-state index contributed by atoms with van der Waals surface area (Å²) in [5.74, 6) is 0.289. The van der Waals surface area contributed by atoms with Gasteiger partial charge >= 0.3 is 6.18 Å². The molecule has 168 valence electrons. The molecule has 3 aromatic rings. The second-order valence-corrected chi connectivity index (χ2v) is 8.39. The summed E-state index contributed by atoms with van der Waals surface area (Å²) in [6, 6.07) is 4.91. The Balaban J connectivity index is 1.33. The molecule has 2 aliphatic heterocycles. The molecule has 0 aliphatic carbocycles. The molecule has 0 saturated carbocycles. The molecule has 5 heterocycles. The zero-order valence-corrected chi connectivity index (χ0v) is 17.6. The van der Waals surface area contributed by atoms with Gasteiger partial charge in [0.05, 0.1) is 16.9 Å². The largest absolute Gasteiger partial charge is 0.420 e. The monoisotopic (exact) mass is 444 g/mol. The summed E-state index contributed by atoms with van der Waals surface area (Å²) in [6.45, 7) is 5.59. The van der Waals surface area contributed by atoms with Crippen molar-refractivity contribution in [1.82, 2.24) is 19.3 Å². The lowest BCUT2D eigenvalue weighted by atomic mass is 10.1. The Labute approximate surface area is 182 Å². The fraction of sp³-hybridized carbons (Fsp3) is 0.409. The van der Waals surface area contributed by atoms with Crippen LogP contribution in [0.4, 0.5) is 24.7 Å². The van der Waals surface area contributed by atoms with Crippen molar-refractivity contribution in [2.75, 3.05) is 36.4 Å². The third-order valence-corrected chi connectivity index (χ3v) is 6.16. The molecule has 2 fully saturated rings. The predicted octanol–water partition coefficient (Wildman–Crippen LogP) is 3.59. The molecule has 0 radical (unpaired) electrons. The van der Waals surface area contributed by atoms with Crippen LogP contribution in [0.1, 0.15) is 34.5 Å². The zero-order valence-electron chi connectivity index (χ0n) is 17.6. The Kier molecular flexibility index (Phi) is 5.04. The zero-order chi connectivity index (χ0) is 22.5. The number of fused-ring (bicyclic) bond motifs is 2. The van der Waals surface area contributed by atoms with E-state index < -0.39 is 17.6 Å². The molecule has 5 rings (SSSR count). The van der Waals surface area contributed by atoms with Gasteiger partial charge in [0.1, 0.15) is 17.0 Å². The van der Waals surface area contributed by atoms with Crippen LogP contribution in [0.2, 0.25) is 0 Å². The second-order valence-electron chi connectivity index (χ2n) is 8.39. The van der Waals surface area contributed by atoms with Crippen molar-refractivity contribution < 1.29 is 18.0 Å². The number of aromatic nitrogens is 3. The highest BCUT2D eigenvalue weighted by molar-refractivity contribution is 6.04. The Morgan fingerprint density at radius 2 is 2.03 bits per heavy atom. The van der Waals surface area contributed by atoms with Crippen molar-refractivity contribution in [3.05, 3.63) is 53.6 Å². The number of imidazole rings is 1. The fourth-order valence-corrected chi connectivity index (χ4v) is 4.61. The maximum atomic E-state index is 13.5. The Bertz CT molecular complexity index is 1160. The third-order valence-electron chi connectivity index (χ3n) is 6.16. The molecule has 32 heavy (non-hydrogen) atoms. The number of rotatable bonds is 3. The maximum absolute atomic E-state index is 13.5. The van der Waals surface area contributed by atoms with E-state index in [0.29, 0.717) is 11.7 Å². The third kappa shape index (κ3) is 3.90. The summed E-state index contributed by atoms with van der Waals surface area (Å²) < 4.78 is 41.7. The molecule has 2 saturated heterocycles. The molecule has 1 amide bonds. The van der Waals surface area contributed by atoms with Crippen molar-refractivity contribution in [2.24, 2.45) is 0 Å². The van der Waals surface area contributed by atoms with E-state index >= 15 is 0 Å². The second kappa shape index (κ2) is 7.77. The molecular weight excluding hydrogens is 421 g/mol. The molecule has 10 heteroatoms. The van der Waals surface area contributed by atoms with Crippen molar-refractivity contribution in [1.29, 1.82) is 0 Å². The highest BCUT2D eigenvalue weighted by Crippen LogP contribution is 2.34. The van der Waals surface area contributed by atoms with Gasteiger partial charge in [0, 0.05) is 44.3 Å². The van der Waals surface area contributed by atoms with E-state index in [2.05, 4.69) is 25.1 Å². The van der Waals surface area contributed by atoms with Gasteiger partial charge in [0.15, 0.2) is 0 Å². The summed E-state index contributed by atoms with van der Waals surface area (Å²) in [5, 5.41) is 2.55. The van der Waals surface area contributed by atoms with Crippen LogP contribution in [0.5, 0.6) is 0 Å². The highest BCUT2D eigenvalue weighted by atomic mass is 19.4. The van der Waals surface area contributed by atoms with Crippen LogP contribution in [0.25, 0.3) is 5.65 Å². The molecule has 0 unspecified atom stereocenters. The van der Waals surface area contributed by atoms with E-state index in [4.69, 9.17) is 0 Å². The van der Waals surface area contributed by atoms with Crippen LogP contribution < -0.4 is 10.2 Å². The number of piperazine rings is 1. The normalized spacial score (nSPS) is 19.4. The van der Waals surface area contributed by atoms with Gasteiger partial charge in [-0.25, -0.2) is 9.97 Å². The van der Waals surface area contributed by atoms with Gasteiger partial charge in [-0.1, -0.05) is 0 Å². The molecule has 3 aromatic heterocycles. The first-order valence-electron chi connectivity index (χ1n) is 10.6. The smallest absolute Gasteiger partial charge is 0.354 e. The number of hydrogen-bond donors (Lipinski definition) is 1. The van der Waals surface area contributed by atoms with E-state index in [-0.39, 0.29) is 16.9 Å². The number of hydrogen-bond acceptors (Lipinski definition) is 5. The molecule has 1 N–H and O–H groups in total. The van der Waals surface area contributed by atoms with Crippen LogP contribution in [-0.2, 0) is 6.18 Å². The topological polar surface area (TPSA) is 65.8 Å². The maximum Gasteiger partial charge on any atom is 0.420 e. The minimum atomic E-state index is -4.59. The fourth-order valence-electron chi connectivity index (χ4n) is 4.61. The Hall–Kier alpha value is -3.14. The minimum Gasteiger partial charge on any atom is -0.354 e. The van der Waals surface area contributed by atoms with Crippen molar-refractivity contribution in [3.8, 4) is 0 Å². The lowest BCUT2D eigenvalue weighted by Gasteiger charge is -2.38. The van der Waals surface area contributed by atoms with Gasteiger partial charge in [0.25, 0.3) is 5.91 Å². The first kappa shape index (κ1) is 20.7. The van der Waals surface area contributed by atoms with Crippen molar-refractivity contribution >= 4 is 23.1 Å². The van der Waals surface area contributed by atoms with E-state index in [1.165, 1.54) is 35.8 Å². The lowest BCUT2D eigenvalue weighted by molar-refractivity contribution is -0.136. The van der Waals surface area contributed by atoms with Gasteiger partial charge in [-0.2, -0.15) is 13.2 Å². The van der Waals surface area contributed by atoms with Crippen LogP contribution in [0, 0.1) is 6.92 Å². The molecule has 0 spiro atoms. The minimum absolute atomic E-state index is 0.0358. The summed E-state index contributed by atoms with van der Waals surface area (Å²) in [4.78, 5) is 25.8. The van der Waals surface area contributed by atoms with Gasteiger partial charge < -0.3 is 14.6 Å². The van der Waals surface area contributed by atoms with E-state index in [0.717, 1.165) is 38.1 Å². The van der Waals surface area contributed by atoms with E-state index in [9.17, 15) is 18.0 Å². The summed E-state index contributed by atoms with van der Waals surface area (Å²) in [7, 11) is 0. The lowest BCUT2D eigenvalue weighted by Crippen LogP contribution is -2.50. The van der Waals surface area contributed by atoms with E-state index in [1.54, 1.807) is 19.1 Å². The average molecular weight is 444 g/mol. The predicted molar refractivity (Wildman–Crippen MR) is 114 cm³/mol. The number of alkyl halides is 3. The van der Waals surface area contributed by atoms with Crippen LogP contribution >= 0.6 is 0 Å². The standard InChI is InChI=1S/C22H23F3N6O/c1-14-11-31-12-16(9-18(20(31)27-14)22(23,24)25)28-21(32)15-4-5-19(26-10-15)30-8-7-29-6-2-3-17(29)13-30/h4-5,9-12,17H,2-3,6-8,13H2,1H3,(H,28,32)/t17-/m0/s1. The number of carbonyl (C=O) groups excluding carboxylic acids is 1. The molecule has 7 nitrogen and oxygen atoms in total. The van der Waals surface area contributed by atoms with Gasteiger partial charge in [-0.05, 0) is 44.5 Å². The number of aryl methyl sites for hydroxylation is 1. The quantitative estimate of drug-likeness (QED) is 0.669. The highest BCUT2D eigenvalue weighted by Gasteiger charge is 2.35. The molecule has 1 atom stereocenters. The number of nitrogens with one attached hydrogen (secondary N) is 1.